The van der Waals surface area contributed by atoms with Gasteiger partial charge in [-0.1, -0.05) is 0 Å². The second kappa shape index (κ2) is 4.80. The number of carbonyl (C=O) groups is 1. The molecule has 0 saturated carbocycles. The Morgan fingerprint density at radius 1 is 1.43 bits per heavy atom. The molecule has 5 nitrogen and oxygen atoms in total. The van der Waals surface area contributed by atoms with Gasteiger partial charge in [-0.25, -0.2) is 4.98 Å². The predicted octanol–water partition coefficient (Wildman–Crippen LogP) is 1.79. The van der Waals surface area contributed by atoms with E-state index in [9.17, 15) is 9.18 Å². The first-order valence-electron chi connectivity index (χ1n) is 7.26. The Morgan fingerprint density at radius 2 is 2.33 bits per heavy atom. The fourth-order valence-corrected chi connectivity index (χ4v) is 3.46. The minimum Gasteiger partial charge on any atom is -0.429 e. The number of amides is 1. The maximum atomic E-state index is 13.0. The van der Waals surface area contributed by atoms with Gasteiger partial charge in [0.2, 0.25) is 0 Å². The normalized spacial score (nSPS) is 28.0. The number of nitrogens with zero attached hydrogens (tertiary/aromatic N) is 2. The van der Waals surface area contributed by atoms with Gasteiger partial charge in [0.05, 0.1) is 6.20 Å². The van der Waals surface area contributed by atoms with Gasteiger partial charge in [0.25, 0.3) is 11.9 Å². The van der Waals surface area contributed by atoms with Crippen LogP contribution in [0.25, 0.3) is 11.0 Å². The summed E-state index contributed by atoms with van der Waals surface area (Å²) in [7, 11) is 0. The summed E-state index contributed by atoms with van der Waals surface area (Å²) in [6.45, 7) is 3.20. The second-order valence-corrected chi connectivity index (χ2v) is 5.98. The van der Waals surface area contributed by atoms with Crippen LogP contribution in [0, 0.1) is 11.9 Å². The minimum atomic E-state index is -0.666. The summed E-state index contributed by atoms with van der Waals surface area (Å²) in [5.41, 5.74) is 0.655. The number of aromatic nitrogens is 1. The van der Waals surface area contributed by atoms with E-state index in [2.05, 4.69) is 15.2 Å². The van der Waals surface area contributed by atoms with Crippen LogP contribution in [0.5, 0.6) is 0 Å². The lowest BCUT2D eigenvalue weighted by molar-refractivity contribution is 0.0904. The van der Waals surface area contributed by atoms with Crippen LogP contribution in [0.1, 0.15) is 23.3 Å². The van der Waals surface area contributed by atoms with Crippen molar-refractivity contribution in [1.82, 2.24) is 15.2 Å². The zero-order valence-electron chi connectivity index (χ0n) is 11.5. The Morgan fingerprint density at radius 3 is 3.19 bits per heavy atom. The Hall–Kier alpha value is -1.95. The highest BCUT2D eigenvalue weighted by Crippen LogP contribution is 2.27. The molecule has 2 aromatic heterocycles. The molecule has 2 bridgehead atoms. The van der Waals surface area contributed by atoms with Crippen molar-refractivity contribution in [2.45, 2.75) is 18.9 Å². The molecule has 6 heteroatoms. The molecule has 4 heterocycles. The third-order valence-electron chi connectivity index (χ3n) is 4.41. The van der Waals surface area contributed by atoms with Crippen molar-refractivity contribution < 1.29 is 13.6 Å². The summed E-state index contributed by atoms with van der Waals surface area (Å²) in [5, 5.41) is 3.60. The summed E-state index contributed by atoms with van der Waals surface area (Å²) in [5.74, 6) is 0.494. The smallest absolute Gasteiger partial charge is 0.278 e. The number of pyridine rings is 1. The highest BCUT2D eigenvalue weighted by atomic mass is 19.1. The van der Waals surface area contributed by atoms with E-state index in [1.807, 2.05) is 0 Å². The van der Waals surface area contributed by atoms with Gasteiger partial charge in [0.1, 0.15) is 5.69 Å². The minimum absolute atomic E-state index is 0.178. The molecule has 4 rings (SSSR count). The molecule has 3 unspecified atom stereocenters. The van der Waals surface area contributed by atoms with E-state index in [1.165, 1.54) is 18.7 Å². The zero-order valence-corrected chi connectivity index (χ0v) is 11.5. The van der Waals surface area contributed by atoms with Crippen molar-refractivity contribution in [1.29, 1.82) is 0 Å². The van der Waals surface area contributed by atoms with E-state index >= 15 is 0 Å². The van der Waals surface area contributed by atoms with Crippen LogP contribution in [0.4, 0.5) is 4.39 Å². The van der Waals surface area contributed by atoms with Gasteiger partial charge in [-0.3, -0.25) is 4.79 Å². The molecule has 2 fully saturated rings. The molecule has 21 heavy (non-hydrogen) atoms. The lowest BCUT2D eigenvalue weighted by Gasteiger charge is -2.30. The number of halogens is 1. The van der Waals surface area contributed by atoms with Gasteiger partial charge in [-0.15, -0.1) is 0 Å². The van der Waals surface area contributed by atoms with E-state index in [-0.39, 0.29) is 11.9 Å². The maximum absolute atomic E-state index is 13.0. The van der Waals surface area contributed by atoms with Gasteiger partial charge >= 0.3 is 0 Å². The molecule has 2 aromatic rings. The Labute approximate surface area is 121 Å². The summed E-state index contributed by atoms with van der Waals surface area (Å²) in [6.07, 6.45) is 3.65. The fraction of sp³-hybridized carbons (Fsp3) is 0.467. The number of furan rings is 1. The summed E-state index contributed by atoms with van der Waals surface area (Å²) in [4.78, 5) is 18.7. The highest BCUT2D eigenvalue weighted by Gasteiger charge is 2.33. The number of carbonyl (C=O) groups excluding carboxylic acids is 1. The number of rotatable bonds is 2. The molecule has 3 atom stereocenters. The van der Waals surface area contributed by atoms with E-state index in [4.69, 9.17) is 4.42 Å². The molecule has 2 saturated heterocycles. The Bertz CT molecular complexity index is 687. The van der Waals surface area contributed by atoms with Crippen LogP contribution in [0.3, 0.4) is 0 Å². The Balaban J connectivity index is 1.50. The average Bonchev–Trinajstić information content (AvgIpc) is 2.99. The molecule has 0 aromatic carbocycles. The van der Waals surface area contributed by atoms with Crippen molar-refractivity contribution in [3.05, 3.63) is 30.0 Å². The van der Waals surface area contributed by atoms with E-state index < -0.39 is 6.01 Å². The molecule has 2 aliphatic heterocycles. The van der Waals surface area contributed by atoms with Crippen LogP contribution in [0.15, 0.2) is 22.7 Å². The molecule has 2 aliphatic rings. The molecule has 0 spiro atoms. The summed E-state index contributed by atoms with van der Waals surface area (Å²) in [6, 6.07) is 2.34. The lowest BCUT2D eigenvalue weighted by atomic mass is 9.97. The molecule has 0 aliphatic carbocycles. The number of nitrogens with one attached hydrogen (secondary N) is 1. The van der Waals surface area contributed by atoms with Gasteiger partial charge in [-0.05, 0) is 31.4 Å². The van der Waals surface area contributed by atoms with Gasteiger partial charge in [-0.2, -0.15) is 4.39 Å². The average molecular weight is 289 g/mol. The van der Waals surface area contributed by atoms with Crippen LogP contribution in [-0.2, 0) is 0 Å². The third kappa shape index (κ3) is 2.40. The zero-order chi connectivity index (χ0) is 14.4. The first-order chi connectivity index (χ1) is 10.2. The van der Waals surface area contributed by atoms with Gasteiger partial charge in [0, 0.05) is 30.6 Å². The monoisotopic (exact) mass is 289 g/mol. The van der Waals surface area contributed by atoms with E-state index in [1.54, 1.807) is 6.07 Å². The largest absolute Gasteiger partial charge is 0.429 e. The Kier molecular flexibility index (Phi) is 2.92. The van der Waals surface area contributed by atoms with Crippen LogP contribution >= 0.6 is 0 Å². The van der Waals surface area contributed by atoms with Gasteiger partial charge < -0.3 is 14.6 Å². The van der Waals surface area contributed by atoms with E-state index in [0.717, 1.165) is 26.1 Å². The van der Waals surface area contributed by atoms with Crippen molar-refractivity contribution in [2.24, 2.45) is 5.92 Å². The van der Waals surface area contributed by atoms with Gasteiger partial charge in [0.15, 0.2) is 5.58 Å². The van der Waals surface area contributed by atoms with Crippen molar-refractivity contribution >= 4 is 16.9 Å². The fourth-order valence-electron chi connectivity index (χ4n) is 3.46. The van der Waals surface area contributed by atoms with Crippen molar-refractivity contribution in [2.75, 3.05) is 19.6 Å². The summed E-state index contributed by atoms with van der Waals surface area (Å²) < 4.78 is 17.8. The first kappa shape index (κ1) is 12.8. The lowest BCUT2D eigenvalue weighted by Crippen LogP contribution is -2.47. The number of fused-ring (bicyclic) bond motifs is 3. The molecular weight excluding hydrogens is 273 g/mol. The standard InChI is InChI=1S/C15H16FN3O2/c16-14-5-10-4-12(17-6-13(10)21-14)15(20)18-11-3-9-1-2-19(7-9)8-11/h4-6,9,11H,1-3,7-8H2,(H,18,20). The SMILES string of the molecule is O=C(NC1CC2CCN(C2)C1)c1cc2cc(F)oc2cn1. The van der Waals surface area contributed by atoms with Crippen LogP contribution in [0.2, 0.25) is 0 Å². The number of hydrogen-bond acceptors (Lipinski definition) is 4. The highest BCUT2D eigenvalue weighted by molar-refractivity contribution is 5.95. The molecule has 0 radical (unpaired) electrons. The molecular formula is C15H16FN3O2. The van der Waals surface area contributed by atoms with Crippen molar-refractivity contribution in [3.8, 4) is 0 Å². The quantitative estimate of drug-likeness (QED) is 0.915. The second-order valence-electron chi connectivity index (χ2n) is 5.98. The van der Waals surface area contributed by atoms with Crippen LogP contribution in [-0.4, -0.2) is 41.5 Å². The number of piperidine rings is 1. The third-order valence-corrected chi connectivity index (χ3v) is 4.41. The topological polar surface area (TPSA) is 58.4 Å². The molecule has 110 valence electrons. The maximum Gasteiger partial charge on any atom is 0.278 e. The van der Waals surface area contributed by atoms with E-state index in [0.29, 0.717) is 22.6 Å². The molecule has 1 N–H and O–H groups in total. The summed E-state index contributed by atoms with van der Waals surface area (Å²) >= 11 is 0. The van der Waals surface area contributed by atoms with Crippen molar-refractivity contribution in [3.63, 3.8) is 0 Å². The van der Waals surface area contributed by atoms with Crippen LogP contribution < -0.4 is 5.32 Å². The number of hydrogen-bond donors (Lipinski definition) is 1. The molecule has 1 amide bonds. The first-order valence-corrected chi connectivity index (χ1v) is 7.26. The predicted molar refractivity (Wildman–Crippen MR) is 74.4 cm³/mol.